The maximum Gasteiger partial charge on any atom is 0.139 e. The highest BCUT2D eigenvalue weighted by atomic mass is 16.5. The molecule has 4 rings (SSSR count). The first kappa shape index (κ1) is 17.2. The molecular weight excluding hydrogens is 300 g/mol. The monoisotopic (exact) mass is 328 g/mol. The summed E-state index contributed by atoms with van der Waals surface area (Å²) in [7, 11) is 3.42. The normalized spacial score (nSPS) is 31.2. The number of ether oxygens (including phenoxy) is 2. The van der Waals surface area contributed by atoms with Crippen molar-refractivity contribution in [2.75, 3.05) is 14.2 Å². The number of rotatable bonds is 7. The Morgan fingerprint density at radius 3 is 2.75 bits per heavy atom. The number of ketones is 1. The summed E-state index contributed by atoms with van der Waals surface area (Å²) >= 11 is 0. The number of allylic oxidation sites excluding steroid dienone is 1. The molecule has 0 unspecified atom stereocenters. The van der Waals surface area contributed by atoms with E-state index in [0.717, 1.165) is 37.9 Å². The molecule has 0 aromatic heterocycles. The summed E-state index contributed by atoms with van der Waals surface area (Å²) in [6.07, 6.45) is 9.83. The summed E-state index contributed by atoms with van der Waals surface area (Å²) < 4.78 is 11.1. The lowest BCUT2D eigenvalue weighted by molar-refractivity contribution is -0.141. The van der Waals surface area contributed by atoms with E-state index in [1.807, 2.05) is 18.2 Å². The summed E-state index contributed by atoms with van der Waals surface area (Å²) in [5.41, 5.74) is 1.04. The van der Waals surface area contributed by atoms with Gasteiger partial charge in [0.15, 0.2) is 0 Å². The molecule has 1 saturated carbocycles. The highest BCUT2D eigenvalue weighted by Gasteiger charge is 2.51. The Morgan fingerprint density at radius 1 is 1.25 bits per heavy atom. The lowest BCUT2D eigenvalue weighted by Gasteiger charge is -2.51. The van der Waals surface area contributed by atoms with E-state index in [0.29, 0.717) is 12.2 Å². The van der Waals surface area contributed by atoms with Crippen molar-refractivity contribution in [2.24, 2.45) is 11.3 Å². The predicted molar refractivity (Wildman–Crippen MR) is 95.3 cm³/mol. The molecule has 3 aliphatic rings. The van der Waals surface area contributed by atoms with Crippen molar-refractivity contribution >= 4 is 5.78 Å². The third kappa shape index (κ3) is 3.27. The van der Waals surface area contributed by atoms with Crippen molar-refractivity contribution in [1.29, 1.82) is 0 Å². The number of Topliss-reactive ketones (excluding diaryl/α,β-unsaturated/α-hetero) is 1. The zero-order chi connectivity index (χ0) is 17.2. The van der Waals surface area contributed by atoms with E-state index in [1.165, 1.54) is 5.56 Å². The first-order valence-corrected chi connectivity index (χ1v) is 8.91. The molecule has 1 fully saturated rings. The molecule has 3 nitrogen and oxygen atoms in total. The topological polar surface area (TPSA) is 35.5 Å². The molecular formula is C21H28O3. The number of benzene rings is 1. The summed E-state index contributed by atoms with van der Waals surface area (Å²) in [5.74, 6) is 1.24. The third-order valence-corrected chi connectivity index (χ3v) is 5.91. The molecule has 0 amide bonds. The van der Waals surface area contributed by atoms with E-state index in [4.69, 9.17) is 9.47 Å². The minimum Gasteiger partial charge on any atom is -0.497 e. The van der Waals surface area contributed by atoms with E-state index in [1.54, 1.807) is 14.2 Å². The van der Waals surface area contributed by atoms with Crippen LogP contribution in [-0.4, -0.2) is 25.6 Å². The van der Waals surface area contributed by atoms with Crippen LogP contribution in [0.15, 0.2) is 36.4 Å². The number of aryl methyl sites for hydroxylation is 1. The first-order chi connectivity index (χ1) is 11.5. The number of carbonyl (C=O) groups is 1. The maximum atomic E-state index is 12.9. The quantitative estimate of drug-likeness (QED) is 0.698. The summed E-state index contributed by atoms with van der Waals surface area (Å²) in [4.78, 5) is 12.9. The first-order valence-electron chi connectivity index (χ1n) is 8.91. The number of methoxy groups -OCH3 is 2. The lowest BCUT2D eigenvalue weighted by Crippen LogP contribution is -2.52. The van der Waals surface area contributed by atoms with Crippen LogP contribution in [0.2, 0.25) is 0 Å². The van der Waals surface area contributed by atoms with Gasteiger partial charge in [-0.2, -0.15) is 0 Å². The molecule has 3 heteroatoms. The zero-order valence-corrected chi connectivity index (χ0v) is 15.0. The van der Waals surface area contributed by atoms with Crippen LogP contribution in [-0.2, 0) is 16.0 Å². The molecule has 130 valence electrons. The number of carbonyl (C=O) groups excluding carboxylic acids is 1. The van der Waals surface area contributed by atoms with Crippen LogP contribution < -0.4 is 4.74 Å². The Labute approximate surface area is 145 Å². The average Bonchev–Trinajstić information content (AvgIpc) is 2.62. The highest BCUT2D eigenvalue weighted by Crippen LogP contribution is 2.52. The second-order valence-electron chi connectivity index (χ2n) is 7.57. The SMILES string of the molecule is COc1cccc(CCCC(=O)[C@H]2C[C@@]3(C)C=C[C@]2(OC)CC3)c1. The lowest BCUT2D eigenvalue weighted by atomic mass is 9.57. The van der Waals surface area contributed by atoms with Gasteiger partial charge in [0.2, 0.25) is 0 Å². The van der Waals surface area contributed by atoms with Gasteiger partial charge in [-0.3, -0.25) is 4.79 Å². The van der Waals surface area contributed by atoms with Crippen LogP contribution in [0, 0.1) is 11.3 Å². The number of fused-ring (bicyclic) bond motifs is 2. The van der Waals surface area contributed by atoms with Crippen LogP contribution in [0.4, 0.5) is 0 Å². The van der Waals surface area contributed by atoms with Crippen LogP contribution >= 0.6 is 0 Å². The van der Waals surface area contributed by atoms with Gasteiger partial charge >= 0.3 is 0 Å². The Kier molecular flexibility index (Phi) is 4.82. The van der Waals surface area contributed by atoms with Gasteiger partial charge < -0.3 is 9.47 Å². The Bertz CT molecular complexity index is 636. The Balaban J connectivity index is 1.60. The van der Waals surface area contributed by atoms with E-state index < -0.39 is 0 Å². The molecule has 0 heterocycles. The average molecular weight is 328 g/mol. The van der Waals surface area contributed by atoms with Crippen molar-refractivity contribution in [3.63, 3.8) is 0 Å². The van der Waals surface area contributed by atoms with Gasteiger partial charge in [-0.25, -0.2) is 0 Å². The number of hydrogen-bond donors (Lipinski definition) is 0. The van der Waals surface area contributed by atoms with Crippen molar-refractivity contribution in [2.45, 2.75) is 51.0 Å². The van der Waals surface area contributed by atoms with E-state index in [9.17, 15) is 4.79 Å². The fourth-order valence-corrected chi connectivity index (χ4v) is 4.26. The smallest absolute Gasteiger partial charge is 0.139 e. The van der Waals surface area contributed by atoms with Gasteiger partial charge in [-0.15, -0.1) is 0 Å². The molecule has 1 aromatic carbocycles. The van der Waals surface area contributed by atoms with E-state index in [-0.39, 0.29) is 16.9 Å². The van der Waals surface area contributed by atoms with Gasteiger partial charge in [0.05, 0.1) is 18.6 Å². The van der Waals surface area contributed by atoms with E-state index >= 15 is 0 Å². The molecule has 0 N–H and O–H groups in total. The zero-order valence-electron chi connectivity index (χ0n) is 15.0. The van der Waals surface area contributed by atoms with Crippen LogP contribution in [0.25, 0.3) is 0 Å². The van der Waals surface area contributed by atoms with Crippen LogP contribution in [0.5, 0.6) is 5.75 Å². The minimum absolute atomic E-state index is 0.0107. The van der Waals surface area contributed by atoms with Gasteiger partial charge in [-0.1, -0.05) is 31.2 Å². The predicted octanol–water partition coefficient (Wildman–Crippen LogP) is 4.35. The van der Waals surface area contributed by atoms with Crippen LogP contribution in [0.3, 0.4) is 0 Å². The standard InChI is InChI=1S/C21H28O3/c1-20-10-12-21(24-3,13-11-20)18(15-20)19(22)9-5-7-16-6-4-8-17(14-16)23-2/h4,6,8,10,12,14,18H,5,7,9,11,13,15H2,1-3H3/t18-,20+,21+/m1/s1. The Morgan fingerprint density at radius 2 is 2.08 bits per heavy atom. The van der Waals surface area contributed by atoms with E-state index in [2.05, 4.69) is 25.1 Å². The largest absolute Gasteiger partial charge is 0.497 e. The fraction of sp³-hybridized carbons (Fsp3) is 0.571. The maximum absolute atomic E-state index is 12.9. The van der Waals surface area contributed by atoms with Gasteiger partial charge in [-0.05, 0) is 55.2 Å². The molecule has 0 radical (unpaired) electrons. The molecule has 3 atom stereocenters. The van der Waals surface area contributed by atoms with Crippen LogP contribution in [0.1, 0.15) is 44.6 Å². The fourth-order valence-electron chi connectivity index (χ4n) is 4.26. The minimum atomic E-state index is -0.356. The molecule has 24 heavy (non-hydrogen) atoms. The summed E-state index contributed by atoms with van der Waals surface area (Å²) in [6, 6.07) is 8.09. The molecule has 2 bridgehead atoms. The molecule has 3 aliphatic carbocycles. The van der Waals surface area contributed by atoms with Gasteiger partial charge in [0.1, 0.15) is 11.5 Å². The third-order valence-electron chi connectivity index (χ3n) is 5.91. The number of hydrogen-bond acceptors (Lipinski definition) is 3. The van der Waals surface area contributed by atoms with Crippen molar-refractivity contribution in [3.05, 3.63) is 42.0 Å². The highest BCUT2D eigenvalue weighted by molar-refractivity contribution is 5.83. The van der Waals surface area contributed by atoms with Crippen molar-refractivity contribution in [1.82, 2.24) is 0 Å². The molecule has 0 spiro atoms. The van der Waals surface area contributed by atoms with Gasteiger partial charge in [0.25, 0.3) is 0 Å². The summed E-state index contributed by atoms with van der Waals surface area (Å²) in [5, 5.41) is 0. The second kappa shape index (κ2) is 6.72. The Hall–Kier alpha value is -1.61. The van der Waals surface area contributed by atoms with Crippen molar-refractivity contribution < 1.29 is 14.3 Å². The summed E-state index contributed by atoms with van der Waals surface area (Å²) in [6.45, 7) is 2.26. The second-order valence-corrected chi connectivity index (χ2v) is 7.57. The molecule has 0 aliphatic heterocycles. The van der Waals surface area contributed by atoms with Gasteiger partial charge in [0, 0.05) is 13.5 Å². The molecule has 1 aromatic rings. The van der Waals surface area contributed by atoms with Crippen molar-refractivity contribution in [3.8, 4) is 5.75 Å². The molecule has 0 saturated heterocycles.